The minimum Gasteiger partial charge on any atom is -0.440 e. The molecule has 1 N–H and O–H groups in total. The maximum absolute atomic E-state index is 10.6. The SMILES string of the molecule is O[C@H]1C=C(N2CCCCC2)Oc2c(-c3ccccc3)cccc21. The highest BCUT2D eigenvalue weighted by Gasteiger charge is 2.26. The summed E-state index contributed by atoms with van der Waals surface area (Å²) in [5, 5.41) is 10.6. The van der Waals surface area contributed by atoms with Crippen LogP contribution in [0.1, 0.15) is 30.9 Å². The Bertz CT molecular complexity index is 718. The molecular formula is C20H21NO2. The lowest BCUT2D eigenvalue weighted by Gasteiger charge is -2.34. The van der Waals surface area contributed by atoms with E-state index in [1.807, 2.05) is 36.4 Å². The summed E-state index contributed by atoms with van der Waals surface area (Å²) in [4.78, 5) is 2.25. The van der Waals surface area contributed by atoms with Crippen molar-refractivity contribution in [3.05, 3.63) is 66.1 Å². The van der Waals surface area contributed by atoms with Crippen LogP contribution in [-0.4, -0.2) is 23.1 Å². The molecule has 0 spiro atoms. The summed E-state index contributed by atoms with van der Waals surface area (Å²) < 4.78 is 6.25. The number of ether oxygens (including phenoxy) is 1. The second kappa shape index (κ2) is 6.09. The molecule has 3 heteroatoms. The van der Waals surface area contributed by atoms with E-state index < -0.39 is 6.10 Å². The fourth-order valence-corrected chi connectivity index (χ4v) is 3.39. The molecule has 2 heterocycles. The molecule has 0 aromatic heterocycles. The first-order chi connectivity index (χ1) is 11.3. The highest BCUT2D eigenvalue weighted by Crippen LogP contribution is 2.41. The summed E-state index contributed by atoms with van der Waals surface area (Å²) in [6.45, 7) is 2.00. The standard InChI is InChI=1S/C20H21NO2/c22-18-14-19(21-12-5-2-6-13-21)23-20-16(10-7-11-17(18)20)15-8-3-1-4-9-15/h1,3-4,7-11,14,18,22H,2,5-6,12-13H2/t18-/m0/s1. The second-order valence-corrected chi connectivity index (χ2v) is 6.19. The number of para-hydroxylation sites is 1. The van der Waals surface area contributed by atoms with Crippen molar-refractivity contribution in [2.24, 2.45) is 0 Å². The molecule has 4 rings (SSSR count). The fourth-order valence-electron chi connectivity index (χ4n) is 3.39. The third-order valence-electron chi connectivity index (χ3n) is 4.62. The van der Waals surface area contributed by atoms with Crippen LogP contribution >= 0.6 is 0 Å². The lowest BCUT2D eigenvalue weighted by molar-refractivity contribution is 0.149. The van der Waals surface area contributed by atoms with Gasteiger partial charge in [0.05, 0.1) is 0 Å². The summed E-state index contributed by atoms with van der Waals surface area (Å²) in [5.41, 5.74) is 2.98. The Hall–Kier alpha value is -2.26. The highest BCUT2D eigenvalue weighted by molar-refractivity contribution is 5.73. The molecule has 2 aliphatic rings. The Morgan fingerprint density at radius 2 is 1.70 bits per heavy atom. The van der Waals surface area contributed by atoms with Gasteiger partial charge in [0.2, 0.25) is 0 Å². The smallest absolute Gasteiger partial charge is 0.194 e. The summed E-state index contributed by atoms with van der Waals surface area (Å²) in [7, 11) is 0. The molecule has 2 aliphatic heterocycles. The van der Waals surface area contributed by atoms with Gasteiger partial charge in [-0.25, -0.2) is 0 Å². The molecule has 0 saturated carbocycles. The van der Waals surface area contributed by atoms with Crippen LogP contribution in [0.4, 0.5) is 0 Å². The molecule has 1 saturated heterocycles. The van der Waals surface area contributed by atoms with Crippen LogP contribution in [0, 0.1) is 0 Å². The van der Waals surface area contributed by atoms with Crippen LogP contribution in [0.2, 0.25) is 0 Å². The highest BCUT2D eigenvalue weighted by atomic mass is 16.5. The van der Waals surface area contributed by atoms with Gasteiger partial charge in [0.15, 0.2) is 5.88 Å². The van der Waals surface area contributed by atoms with Crippen LogP contribution < -0.4 is 4.74 Å². The van der Waals surface area contributed by atoms with Gasteiger partial charge in [-0.15, -0.1) is 0 Å². The Labute approximate surface area is 136 Å². The summed E-state index contributed by atoms with van der Waals surface area (Å²) in [5.74, 6) is 1.59. The largest absolute Gasteiger partial charge is 0.440 e. The second-order valence-electron chi connectivity index (χ2n) is 6.19. The van der Waals surface area contributed by atoms with Crippen LogP contribution in [0.25, 0.3) is 11.1 Å². The van der Waals surface area contributed by atoms with Gasteiger partial charge in [-0.2, -0.15) is 0 Å². The topological polar surface area (TPSA) is 32.7 Å². The zero-order valence-corrected chi connectivity index (χ0v) is 13.1. The molecule has 23 heavy (non-hydrogen) atoms. The number of piperidine rings is 1. The zero-order valence-electron chi connectivity index (χ0n) is 13.1. The van der Waals surface area contributed by atoms with E-state index in [1.165, 1.54) is 19.3 Å². The third-order valence-corrected chi connectivity index (χ3v) is 4.62. The fraction of sp³-hybridized carbons (Fsp3) is 0.300. The average molecular weight is 307 g/mol. The lowest BCUT2D eigenvalue weighted by atomic mass is 9.97. The molecular weight excluding hydrogens is 286 g/mol. The van der Waals surface area contributed by atoms with E-state index >= 15 is 0 Å². The average Bonchev–Trinajstić information content (AvgIpc) is 2.63. The summed E-state index contributed by atoms with van der Waals surface area (Å²) in [6.07, 6.45) is 4.87. The molecule has 0 aliphatic carbocycles. The van der Waals surface area contributed by atoms with E-state index in [0.29, 0.717) is 0 Å². The lowest BCUT2D eigenvalue weighted by Crippen LogP contribution is -2.33. The van der Waals surface area contributed by atoms with Crippen molar-refractivity contribution < 1.29 is 9.84 Å². The molecule has 0 radical (unpaired) electrons. The number of likely N-dealkylation sites (tertiary alicyclic amines) is 1. The number of aliphatic hydroxyl groups excluding tert-OH is 1. The molecule has 0 bridgehead atoms. The van der Waals surface area contributed by atoms with Gasteiger partial charge >= 0.3 is 0 Å². The Morgan fingerprint density at radius 3 is 2.48 bits per heavy atom. The molecule has 0 amide bonds. The first kappa shape index (κ1) is 14.3. The minimum absolute atomic E-state index is 0.612. The van der Waals surface area contributed by atoms with E-state index in [2.05, 4.69) is 23.1 Å². The van der Waals surface area contributed by atoms with Gasteiger partial charge in [-0.3, -0.25) is 0 Å². The van der Waals surface area contributed by atoms with Crippen molar-refractivity contribution in [3.8, 4) is 16.9 Å². The number of benzene rings is 2. The molecule has 1 fully saturated rings. The van der Waals surface area contributed by atoms with Crippen molar-refractivity contribution in [1.29, 1.82) is 0 Å². The van der Waals surface area contributed by atoms with Crippen LogP contribution in [0.3, 0.4) is 0 Å². The van der Waals surface area contributed by atoms with Gasteiger partial charge in [-0.1, -0.05) is 48.5 Å². The number of nitrogens with zero attached hydrogens (tertiary/aromatic N) is 1. The summed E-state index contributed by atoms with van der Waals surface area (Å²) >= 11 is 0. The Balaban J connectivity index is 1.73. The predicted octanol–water partition coefficient (Wildman–Crippen LogP) is 4.11. The molecule has 118 valence electrons. The van der Waals surface area contributed by atoms with Crippen molar-refractivity contribution >= 4 is 0 Å². The van der Waals surface area contributed by atoms with Gasteiger partial charge in [0.1, 0.15) is 11.9 Å². The van der Waals surface area contributed by atoms with Crippen molar-refractivity contribution in [1.82, 2.24) is 4.90 Å². The number of rotatable bonds is 2. The van der Waals surface area contributed by atoms with Gasteiger partial charge < -0.3 is 14.7 Å². The van der Waals surface area contributed by atoms with Gasteiger partial charge in [0.25, 0.3) is 0 Å². The van der Waals surface area contributed by atoms with E-state index in [0.717, 1.165) is 41.4 Å². The van der Waals surface area contributed by atoms with Gasteiger partial charge in [-0.05, 0) is 24.8 Å². The number of aliphatic hydroxyl groups is 1. The quantitative estimate of drug-likeness (QED) is 0.906. The molecule has 2 aromatic rings. The minimum atomic E-state index is -0.612. The van der Waals surface area contributed by atoms with Gasteiger partial charge in [0, 0.05) is 30.3 Å². The number of fused-ring (bicyclic) bond motifs is 1. The Morgan fingerprint density at radius 1 is 0.913 bits per heavy atom. The van der Waals surface area contributed by atoms with Crippen LogP contribution in [0.5, 0.6) is 5.75 Å². The molecule has 0 unspecified atom stereocenters. The van der Waals surface area contributed by atoms with E-state index in [9.17, 15) is 5.11 Å². The summed E-state index contributed by atoms with van der Waals surface area (Å²) in [6, 6.07) is 16.2. The first-order valence-corrected chi connectivity index (χ1v) is 8.34. The molecule has 2 aromatic carbocycles. The monoisotopic (exact) mass is 307 g/mol. The predicted molar refractivity (Wildman–Crippen MR) is 91.0 cm³/mol. The first-order valence-electron chi connectivity index (χ1n) is 8.34. The van der Waals surface area contributed by atoms with Crippen molar-refractivity contribution in [2.75, 3.05) is 13.1 Å². The van der Waals surface area contributed by atoms with E-state index in [4.69, 9.17) is 4.74 Å². The number of hydrogen-bond donors (Lipinski definition) is 1. The number of hydrogen-bond acceptors (Lipinski definition) is 3. The third kappa shape index (κ3) is 2.73. The Kier molecular flexibility index (Phi) is 3.80. The molecule has 1 atom stereocenters. The maximum atomic E-state index is 10.6. The molecule has 3 nitrogen and oxygen atoms in total. The van der Waals surface area contributed by atoms with E-state index in [-0.39, 0.29) is 0 Å². The van der Waals surface area contributed by atoms with Crippen molar-refractivity contribution in [2.45, 2.75) is 25.4 Å². The van der Waals surface area contributed by atoms with Crippen molar-refractivity contribution in [3.63, 3.8) is 0 Å². The normalized spacial score (nSPS) is 20.5. The van der Waals surface area contributed by atoms with Crippen LogP contribution in [-0.2, 0) is 0 Å². The van der Waals surface area contributed by atoms with E-state index in [1.54, 1.807) is 0 Å². The van der Waals surface area contributed by atoms with Crippen LogP contribution in [0.15, 0.2) is 60.5 Å². The zero-order chi connectivity index (χ0) is 15.6. The maximum Gasteiger partial charge on any atom is 0.194 e.